The lowest BCUT2D eigenvalue weighted by atomic mass is 9.43. The molecule has 8 aliphatic rings. The summed E-state index contributed by atoms with van der Waals surface area (Å²) in [5.41, 5.74) is 10.7. The van der Waals surface area contributed by atoms with Crippen LogP contribution in [0.1, 0.15) is 162 Å². The van der Waals surface area contributed by atoms with E-state index < -0.39 is 17.7 Å². The van der Waals surface area contributed by atoms with Gasteiger partial charge >= 0.3 is 11.9 Å². The Morgan fingerprint density at radius 3 is 2.47 bits per heavy atom. The minimum Gasteiger partial charge on any atom is -0.481 e. The molecular weight excluding hydrogens is 853 g/mol. The summed E-state index contributed by atoms with van der Waals surface area (Å²) >= 11 is 0. The van der Waals surface area contributed by atoms with Crippen LogP contribution < -0.4 is 10.6 Å². The Labute approximate surface area is 406 Å². The van der Waals surface area contributed by atoms with Crippen LogP contribution in [0.4, 0.5) is 5.69 Å². The highest BCUT2D eigenvalue weighted by molar-refractivity contribution is 5.93. The zero-order valence-corrected chi connectivity index (χ0v) is 42.1. The first-order valence-electron chi connectivity index (χ1n) is 26.8. The van der Waals surface area contributed by atoms with Gasteiger partial charge in [0, 0.05) is 55.8 Å². The lowest BCUT2D eigenvalue weighted by Gasteiger charge is -2.64. The molecule has 0 aliphatic heterocycles. The predicted octanol–water partition coefficient (Wildman–Crippen LogP) is 9.55. The molecule has 0 radical (unpaired) electrons. The maximum absolute atomic E-state index is 13.4. The summed E-state index contributed by atoms with van der Waals surface area (Å²) < 4.78 is 13.3. The van der Waals surface area contributed by atoms with E-state index in [9.17, 15) is 29.7 Å². The Morgan fingerprint density at radius 1 is 0.956 bits per heavy atom. The fourth-order valence-electron chi connectivity index (χ4n) is 17.2. The van der Waals surface area contributed by atoms with Gasteiger partial charge in [0.1, 0.15) is 11.7 Å². The van der Waals surface area contributed by atoms with Gasteiger partial charge in [-0.3, -0.25) is 14.4 Å². The number of aliphatic carboxylic acids is 1. The zero-order chi connectivity index (χ0) is 48.3. The Bertz CT molecular complexity index is 2210. The van der Waals surface area contributed by atoms with Gasteiger partial charge in [-0.2, -0.15) is 0 Å². The van der Waals surface area contributed by atoms with E-state index in [0.717, 1.165) is 82.9 Å². The average Bonchev–Trinajstić information content (AvgIpc) is 3.81. The monoisotopic (exact) mass is 935 g/mol. The molecule has 0 amide bonds. The van der Waals surface area contributed by atoms with E-state index in [0.29, 0.717) is 69.4 Å². The van der Waals surface area contributed by atoms with Crippen molar-refractivity contribution in [1.29, 1.82) is 0 Å². The number of rotatable bonds is 14. The van der Waals surface area contributed by atoms with E-state index in [1.807, 2.05) is 13.0 Å². The van der Waals surface area contributed by atoms with E-state index >= 15 is 0 Å². The predicted molar refractivity (Wildman–Crippen MR) is 264 cm³/mol. The number of benzene rings is 1. The van der Waals surface area contributed by atoms with Gasteiger partial charge in [-0.1, -0.05) is 51.3 Å². The summed E-state index contributed by atoms with van der Waals surface area (Å²) in [5.74, 6) is 7.91. The van der Waals surface area contributed by atoms with Gasteiger partial charge in [-0.25, -0.2) is 0 Å². The maximum atomic E-state index is 13.4. The van der Waals surface area contributed by atoms with E-state index in [4.69, 9.17) is 15.2 Å². The van der Waals surface area contributed by atoms with Crippen LogP contribution in [0, 0.1) is 75.4 Å². The van der Waals surface area contributed by atoms with Crippen LogP contribution in [0.5, 0.6) is 0 Å². The first-order chi connectivity index (χ1) is 32.4. The van der Waals surface area contributed by atoms with Crippen LogP contribution in [-0.2, 0) is 23.9 Å². The first kappa shape index (κ1) is 49.5. The summed E-state index contributed by atoms with van der Waals surface area (Å²) in [5, 5.41) is 33.9. The number of aliphatic hydroxyl groups is 2. The van der Waals surface area contributed by atoms with Crippen molar-refractivity contribution in [2.75, 3.05) is 31.6 Å². The number of nitrogens with two attached hydrogens (primary N) is 1. The van der Waals surface area contributed by atoms with Gasteiger partial charge in [0.15, 0.2) is 5.78 Å². The van der Waals surface area contributed by atoms with E-state index in [2.05, 4.69) is 75.7 Å². The molecule has 1 aromatic rings. The van der Waals surface area contributed by atoms with E-state index in [1.54, 1.807) is 0 Å². The number of hydrogen-bond donors (Lipinski definition) is 4. The number of carboxylic acids is 1. The first-order valence-corrected chi connectivity index (χ1v) is 26.8. The third-order valence-corrected chi connectivity index (χ3v) is 20.9. The number of nitrogens with zero attached hydrogens (tertiary/aromatic N) is 1. The van der Waals surface area contributed by atoms with Gasteiger partial charge in [-0.15, -0.1) is 5.92 Å². The molecule has 1 aromatic carbocycles. The summed E-state index contributed by atoms with van der Waals surface area (Å²) in [6.45, 7) is 12.8. The molecule has 5 N–H and O–H groups in total. The number of aliphatic hydroxyl groups excluding tert-OH is 1. The Morgan fingerprint density at radius 2 is 1.74 bits per heavy atom. The topological polar surface area (TPSA) is 160 Å². The molecule has 0 aromatic heterocycles. The molecule has 6 fully saturated rings. The largest absolute Gasteiger partial charge is 0.481 e. The second-order valence-corrected chi connectivity index (χ2v) is 23.9. The van der Waals surface area contributed by atoms with Crippen molar-refractivity contribution in [3.8, 4) is 11.8 Å². The number of esters is 1. The lowest BCUT2D eigenvalue weighted by Crippen LogP contribution is -2.63. The fourth-order valence-corrected chi connectivity index (χ4v) is 17.2. The number of ether oxygens (including phenoxy) is 2. The number of fused-ring (bicyclic) bond motifs is 9. The summed E-state index contributed by atoms with van der Waals surface area (Å²) in [6.07, 6.45) is 15.2. The van der Waals surface area contributed by atoms with Gasteiger partial charge < -0.3 is 35.4 Å². The quantitative estimate of drug-likeness (QED) is 0.105. The molecule has 0 heterocycles. The van der Waals surface area contributed by atoms with Crippen LogP contribution in [0.15, 0.2) is 47.1 Å². The molecule has 8 aliphatic carbocycles. The Kier molecular flexibility index (Phi) is 14.0. The Balaban J connectivity index is 0.873. The molecule has 9 rings (SSSR count). The molecule has 16 atom stereocenters. The molecule has 0 bridgehead atoms. The standard InChI is InChI=1S/C58H82N2O8/c1-7-24-58(66)26-23-46-43-17-13-37-30-40(61)16-18-42(37)53(43)44(34-56(46,58)4)36-11-14-39(15-12-36)60(6)28-29-67-41-22-25-55(3)38(31-41)32-49(68-52(65)9-8-27-59)54-47-20-19-45(35(2)10-21-51(63)64)57(47,5)50(62)33-48(54)55/h11-12,14-15,30,35,38,41,43-50,54,62,66H,8-10,13,16-23,25-29,31-34,59H2,1-6H3,(H,63,64)/t35-,38+,41+,43+,44-,45-,46+,47+,48+,49-,50+,54+,55+,56+,57-,58+/m1/s1. The van der Waals surface area contributed by atoms with E-state index in [1.165, 1.54) is 22.3 Å². The number of carboxylic acid groups (broad SMARTS) is 1. The van der Waals surface area contributed by atoms with Gasteiger partial charge in [0.05, 0.1) is 18.8 Å². The van der Waals surface area contributed by atoms with Crippen LogP contribution in [0.25, 0.3) is 0 Å². The van der Waals surface area contributed by atoms with Gasteiger partial charge in [0.2, 0.25) is 0 Å². The lowest BCUT2D eigenvalue weighted by molar-refractivity contribution is -0.218. The number of ketones is 1. The molecular formula is C58H82N2O8. The second-order valence-electron chi connectivity index (χ2n) is 23.9. The average molecular weight is 935 g/mol. The normalized spacial score (nSPS) is 40.8. The van der Waals surface area contributed by atoms with Crippen LogP contribution >= 0.6 is 0 Å². The molecule has 0 unspecified atom stereocenters. The molecule has 10 nitrogen and oxygen atoms in total. The van der Waals surface area contributed by atoms with Crippen molar-refractivity contribution >= 4 is 23.4 Å². The summed E-state index contributed by atoms with van der Waals surface area (Å²) in [6, 6.07) is 9.08. The molecule has 6 saturated carbocycles. The summed E-state index contributed by atoms with van der Waals surface area (Å²) in [7, 11) is 2.13. The van der Waals surface area contributed by atoms with Gasteiger partial charge in [0.25, 0.3) is 0 Å². The van der Waals surface area contributed by atoms with Gasteiger partial charge in [-0.05, 0) is 197 Å². The highest BCUT2D eigenvalue weighted by Crippen LogP contribution is 2.70. The SMILES string of the molecule is CC#C[C@]1(O)CC[C@H]2[C@@H]3CCC4=CC(=O)CCC4=C3[C@@H](c3ccc(N(C)CCO[C@H]4CC[C@@]5(C)[C@@H](C4)C[C@@H](OC(=O)CCCN)[C@@H]4[C@@H]5C[C@H](O)[C@]5(C)[C@@H]([C@H](C)CCC(=O)O)CC[C@@H]45)cc3)C[C@@]21C. The van der Waals surface area contributed by atoms with Crippen LogP contribution in [-0.4, -0.2) is 83.7 Å². The van der Waals surface area contributed by atoms with E-state index in [-0.39, 0.29) is 82.1 Å². The number of anilines is 1. The molecule has 68 heavy (non-hydrogen) atoms. The number of likely N-dealkylation sites (N-methyl/N-ethyl adjacent to an activating group) is 1. The highest BCUT2D eigenvalue weighted by atomic mass is 16.5. The van der Waals surface area contributed by atoms with Crippen molar-refractivity contribution < 1.29 is 39.2 Å². The summed E-state index contributed by atoms with van der Waals surface area (Å²) in [4.78, 5) is 39.8. The van der Waals surface area contributed by atoms with Crippen molar-refractivity contribution in [3.63, 3.8) is 0 Å². The van der Waals surface area contributed by atoms with Crippen molar-refractivity contribution in [2.24, 2.45) is 69.3 Å². The minimum atomic E-state index is -0.999. The van der Waals surface area contributed by atoms with Crippen molar-refractivity contribution in [1.82, 2.24) is 0 Å². The van der Waals surface area contributed by atoms with Crippen molar-refractivity contribution in [2.45, 2.75) is 180 Å². The fraction of sp³-hybridized carbons (Fsp3) is 0.741. The number of allylic oxidation sites excluding steroid dienone is 4. The van der Waals surface area contributed by atoms with Crippen LogP contribution in [0.2, 0.25) is 0 Å². The molecule has 0 spiro atoms. The zero-order valence-electron chi connectivity index (χ0n) is 42.1. The minimum absolute atomic E-state index is 0.00421. The Hall–Kier alpha value is -3.49. The van der Waals surface area contributed by atoms with Crippen LogP contribution in [0.3, 0.4) is 0 Å². The maximum Gasteiger partial charge on any atom is 0.306 e. The second kappa shape index (κ2) is 19.3. The third kappa shape index (κ3) is 8.53. The van der Waals surface area contributed by atoms with Crippen molar-refractivity contribution in [3.05, 3.63) is 52.6 Å². The third-order valence-electron chi connectivity index (χ3n) is 20.9. The molecule has 10 heteroatoms. The number of carbonyl (C=O) groups excluding carboxylic acids is 2. The molecule has 0 saturated heterocycles. The highest BCUT2D eigenvalue weighted by Gasteiger charge is 2.67. The number of carbonyl (C=O) groups is 3. The smallest absolute Gasteiger partial charge is 0.306 e. The molecule has 372 valence electrons. The number of hydrogen-bond acceptors (Lipinski definition) is 9.